The smallest absolute Gasteiger partial charge is 0.410 e. The second kappa shape index (κ2) is 4.44. The van der Waals surface area contributed by atoms with Crippen molar-refractivity contribution in [3.8, 4) is 0 Å². The molecule has 3 rings (SSSR count). The number of benzene rings is 1. The zero-order valence-electron chi connectivity index (χ0n) is 10.0. The van der Waals surface area contributed by atoms with Gasteiger partial charge in [0.15, 0.2) is 0 Å². The summed E-state index contributed by atoms with van der Waals surface area (Å²) in [6.07, 6.45) is 1.01. The fourth-order valence-electron chi connectivity index (χ4n) is 2.71. The Balaban J connectivity index is 1.55. The number of fused-ring (bicyclic) bond motifs is 1. The van der Waals surface area contributed by atoms with E-state index < -0.39 is 0 Å². The Morgan fingerprint density at radius 3 is 2.78 bits per heavy atom. The van der Waals surface area contributed by atoms with Gasteiger partial charge < -0.3 is 9.64 Å². The highest BCUT2D eigenvalue weighted by molar-refractivity contribution is 5.90. The molecule has 2 aliphatic rings. The predicted molar refractivity (Wildman–Crippen MR) is 64.9 cm³/mol. The Labute approximate surface area is 106 Å². The van der Waals surface area contributed by atoms with Gasteiger partial charge in [-0.15, -0.1) is 0 Å². The van der Waals surface area contributed by atoms with E-state index >= 15 is 0 Å². The summed E-state index contributed by atoms with van der Waals surface area (Å²) in [5.74, 6) is 0.368. The van der Waals surface area contributed by atoms with Crippen molar-refractivity contribution in [3.05, 3.63) is 35.9 Å². The number of amides is 1. The second-order valence-corrected chi connectivity index (χ2v) is 4.87. The lowest BCUT2D eigenvalue weighted by Gasteiger charge is -2.33. The zero-order chi connectivity index (χ0) is 12.5. The summed E-state index contributed by atoms with van der Waals surface area (Å²) in [5.41, 5.74) is 0.978. The van der Waals surface area contributed by atoms with Crippen molar-refractivity contribution in [3.63, 3.8) is 0 Å². The zero-order valence-corrected chi connectivity index (χ0v) is 10.0. The molecular weight excluding hydrogens is 230 g/mol. The maximum atomic E-state index is 11.9. The van der Waals surface area contributed by atoms with Crippen molar-refractivity contribution in [2.75, 3.05) is 6.54 Å². The number of rotatable bonds is 2. The van der Waals surface area contributed by atoms with Crippen LogP contribution >= 0.6 is 0 Å². The number of hydrogen-bond acceptors (Lipinski definition) is 3. The molecule has 0 unspecified atom stereocenters. The molecule has 1 saturated carbocycles. The lowest BCUT2D eigenvalue weighted by atomic mass is 9.79. The SMILES string of the molecule is O=C1C[C@@H]2[C@H]1CCN2C(=O)OCc1ccccc1. The van der Waals surface area contributed by atoms with Gasteiger partial charge in [0.05, 0.1) is 6.04 Å². The van der Waals surface area contributed by atoms with Crippen molar-refractivity contribution in [2.45, 2.75) is 25.5 Å². The average Bonchev–Trinajstić information content (AvgIpc) is 2.74. The monoisotopic (exact) mass is 245 g/mol. The summed E-state index contributed by atoms with van der Waals surface area (Å²) < 4.78 is 5.28. The maximum Gasteiger partial charge on any atom is 0.410 e. The first kappa shape index (κ1) is 11.3. The summed E-state index contributed by atoms with van der Waals surface area (Å²) in [5, 5.41) is 0. The third kappa shape index (κ3) is 1.88. The Kier molecular flexibility index (Phi) is 2.78. The molecular formula is C14H15NO3. The summed E-state index contributed by atoms with van der Waals surface area (Å²) in [4.78, 5) is 24.9. The number of carbonyl (C=O) groups is 2. The van der Waals surface area contributed by atoms with E-state index in [4.69, 9.17) is 4.74 Å². The van der Waals surface area contributed by atoms with Crippen LogP contribution in [0.2, 0.25) is 0 Å². The molecule has 1 amide bonds. The molecule has 1 aromatic rings. The van der Waals surface area contributed by atoms with Gasteiger partial charge in [-0.25, -0.2) is 4.79 Å². The van der Waals surface area contributed by atoms with E-state index in [9.17, 15) is 9.59 Å². The van der Waals surface area contributed by atoms with Crippen molar-refractivity contribution in [2.24, 2.45) is 5.92 Å². The van der Waals surface area contributed by atoms with Crippen molar-refractivity contribution < 1.29 is 14.3 Å². The molecule has 4 heteroatoms. The molecule has 0 N–H and O–H groups in total. The largest absolute Gasteiger partial charge is 0.445 e. The number of likely N-dealkylation sites (tertiary alicyclic amines) is 1. The highest BCUT2D eigenvalue weighted by atomic mass is 16.6. The minimum atomic E-state index is -0.293. The molecule has 94 valence electrons. The van der Waals surface area contributed by atoms with Gasteiger partial charge in [0.25, 0.3) is 0 Å². The number of hydrogen-bond donors (Lipinski definition) is 0. The van der Waals surface area contributed by atoms with Gasteiger partial charge in [-0.05, 0) is 12.0 Å². The van der Waals surface area contributed by atoms with Gasteiger partial charge in [0, 0.05) is 18.9 Å². The van der Waals surface area contributed by atoms with Crippen LogP contribution in [0.1, 0.15) is 18.4 Å². The first-order valence-corrected chi connectivity index (χ1v) is 6.26. The van der Waals surface area contributed by atoms with Crippen LogP contribution < -0.4 is 0 Å². The minimum absolute atomic E-state index is 0.0780. The standard InChI is InChI=1S/C14H15NO3/c16-13-8-12-11(13)6-7-15(12)14(17)18-9-10-4-2-1-3-5-10/h1-5,11-12H,6-9H2/t11-,12-/m1/s1. The van der Waals surface area contributed by atoms with Crippen LogP contribution in [0.5, 0.6) is 0 Å². The van der Waals surface area contributed by atoms with Crippen LogP contribution in [-0.4, -0.2) is 29.4 Å². The topological polar surface area (TPSA) is 46.6 Å². The molecule has 0 aromatic heterocycles. The first-order chi connectivity index (χ1) is 8.75. The first-order valence-electron chi connectivity index (χ1n) is 6.26. The lowest BCUT2D eigenvalue weighted by molar-refractivity contribution is -0.131. The Morgan fingerprint density at radius 1 is 1.33 bits per heavy atom. The quantitative estimate of drug-likeness (QED) is 0.800. The van der Waals surface area contributed by atoms with E-state index in [2.05, 4.69) is 0 Å². The maximum absolute atomic E-state index is 11.9. The number of ether oxygens (including phenoxy) is 1. The van der Waals surface area contributed by atoms with Gasteiger partial charge in [-0.1, -0.05) is 30.3 Å². The van der Waals surface area contributed by atoms with Crippen LogP contribution in [0.4, 0.5) is 4.79 Å². The molecule has 1 aromatic carbocycles. The second-order valence-electron chi connectivity index (χ2n) is 4.87. The molecule has 0 spiro atoms. The van der Waals surface area contributed by atoms with E-state index in [1.54, 1.807) is 4.90 Å². The Hall–Kier alpha value is -1.84. The molecule has 2 fully saturated rings. The molecule has 1 aliphatic heterocycles. The van der Waals surface area contributed by atoms with Gasteiger partial charge in [-0.2, -0.15) is 0 Å². The molecule has 1 aliphatic carbocycles. The van der Waals surface area contributed by atoms with Crippen molar-refractivity contribution >= 4 is 11.9 Å². The van der Waals surface area contributed by atoms with E-state index in [1.807, 2.05) is 30.3 Å². The van der Waals surface area contributed by atoms with Crippen LogP contribution in [0.15, 0.2) is 30.3 Å². The number of carbonyl (C=O) groups excluding carboxylic acids is 2. The number of nitrogens with zero attached hydrogens (tertiary/aromatic N) is 1. The highest BCUT2D eigenvalue weighted by Crippen LogP contribution is 2.37. The number of Topliss-reactive ketones (excluding diaryl/α,β-unsaturated/α-hetero) is 1. The Bertz CT molecular complexity index is 471. The van der Waals surface area contributed by atoms with E-state index in [-0.39, 0.29) is 18.1 Å². The third-order valence-corrected chi connectivity index (χ3v) is 3.81. The average molecular weight is 245 g/mol. The molecule has 18 heavy (non-hydrogen) atoms. The van der Waals surface area contributed by atoms with Crippen molar-refractivity contribution in [1.29, 1.82) is 0 Å². The molecule has 1 heterocycles. The summed E-state index contributed by atoms with van der Waals surface area (Å²) in [7, 11) is 0. The molecule has 4 nitrogen and oxygen atoms in total. The van der Waals surface area contributed by atoms with Crippen LogP contribution in [0.25, 0.3) is 0 Å². The Morgan fingerprint density at radius 2 is 2.11 bits per heavy atom. The molecule has 2 atom stereocenters. The summed E-state index contributed by atoms with van der Waals surface area (Å²) >= 11 is 0. The normalized spacial score (nSPS) is 25.6. The summed E-state index contributed by atoms with van der Waals surface area (Å²) in [6.45, 7) is 0.941. The lowest BCUT2D eigenvalue weighted by Crippen LogP contribution is -2.48. The van der Waals surface area contributed by atoms with E-state index in [0.717, 1.165) is 12.0 Å². The number of ketones is 1. The van der Waals surface area contributed by atoms with Crippen LogP contribution in [0, 0.1) is 5.92 Å². The minimum Gasteiger partial charge on any atom is -0.445 e. The molecule has 1 saturated heterocycles. The van der Waals surface area contributed by atoms with Gasteiger partial charge >= 0.3 is 6.09 Å². The summed E-state index contributed by atoms with van der Waals surface area (Å²) in [6, 6.07) is 9.70. The fraction of sp³-hybridized carbons (Fsp3) is 0.429. The fourth-order valence-corrected chi connectivity index (χ4v) is 2.71. The van der Waals surface area contributed by atoms with Gasteiger partial charge in [0.2, 0.25) is 0 Å². The van der Waals surface area contributed by atoms with Crippen LogP contribution in [-0.2, 0) is 16.1 Å². The van der Waals surface area contributed by atoms with Gasteiger partial charge in [0.1, 0.15) is 12.4 Å². The van der Waals surface area contributed by atoms with Crippen molar-refractivity contribution in [1.82, 2.24) is 4.90 Å². The highest BCUT2D eigenvalue weighted by Gasteiger charge is 2.49. The molecule has 0 radical (unpaired) electrons. The molecule has 0 bridgehead atoms. The predicted octanol–water partition coefficient (Wildman–Crippen LogP) is 1.99. The third-order valence-electron chi connectivity index (χ3n) is 3.81. The van der Waals surface area contributed by atoms with Gasteiger partial charge in [-0.3, -0.25) is 4.79 Å². The van der Waals surface area contributed by atoms with Crippen LogP contribution in [0.3, 0.4) is 0 Å². The van der Waals surface area contributed by atoms with E-state index in [1.165, 1.54) is 0 Å². The van der Waals surface area contributed by atoms with E-state index in [0.29, 0.717) is 25.4 Å².